The molecule has 0 aromatic rings. The summed E-state index contributed by atoms with van der Waals surface area (Å²) in [7, 11) is 2.12. The van der Waals surface area contributed by atoms with Gasteiger partial charge in [-0.2, -0.15) is 0 Å². The van der Waals surface area contributed by atoms with E-state index in [0.717, 1.165) is 19.6 Å². The van der Waals surface area contributed by atoms with Crippen molar-refractivity contribution in [3.8, 4) is 11.8 Å². The summed E-state index contributed by atoms with van der Waals surface area (Å²) in [6.07, 6.45) is 0. The van der Waals surface area contributed by atoms with Crippen LogP contribution < -0.4 is 5.32 Å². The minimum Gasteiger partial charge on any atom is -0.313 e. The maximum absolute atomic E-state index is 3.31. The average Bonchev–Trinajstić information content (AvgIpc) is 1.94. The molecule has 1 aliphatic rings. The Morgan fingerprint density at radius 3 is 3.00 bits per heavy atom. The Balaban J connectivity index is 2.45. The van der Waals surface area contributed by atoms with Crippen LogP contribution in [0, 0.1) is 11.8 Å². The number of nitrogens with one attached hydrogen (secondary N) is 1. The molecule has 10 heavy (non-hydrogen) atoms. The van der Waals surface area contributed by atoms with E-state index in [1.807, 2.05) is 6.92 Å². The number of hydrogen-bond donors (Lipinski definition) is 1. The molecule has 1 unspecified atom stereocenters. The highest BCUT2D eigenvalue weighted by atomic mass is 15.2. The maximum atomic E-state index is 3.31. The average molecular weight is 138 g/mol. The molecule has 0 saturated carbocycles. The highest BCUT2D eigenvalue weighted by Crippen LogP contribution is 1.96. The van der Waals surface area contributed by atoms with Crippen molar-refractivity contribution in [1.29, 1.82) is 0 Å². The molecule has 1 N–H and O–H groups in total. The summed E-state index contributed by atoms with van der Waals surface area (Å²) in [5.74, 6) is 6.08. The molecule has 0 aromatic heterocycles. The monoisotopic (exact) mass is 138 g/mol. The van der Waals surface area contributed by atoms with Gasteiger partial charge in [0.05, 0.1) is 6.04 Å². The third-order valence-corrected chi connectivity index (χ3v) is 1.82. The molecule has 0 radical (unpaired) electrons. The van der Waals surface area contributed by atoms with Gasteiger partial charge in [-0.25, -0.2) is 0 Å². The predicted molar refractivity (Wildman–Crippen MR) is 42.7 cm³/mol. The summed E-state index contributed by atoms with van der Waals surface area (Å²) >= 11 is 0. The van der Waals surface area contributed by atoms with Crippen molar-refractivity contribution in [2.45, 2.75) is 13.0 Å². The summed E-state index contributed by atoms with van der Waals surface area (Å²) in [5, 5.41) is 3.31. The van der Waals surface area contributed by atoms with Gasteiger partial charge < -0.3 is 5.32 Å². The van der Waals surface area contributed by atoms with Crippen LogP contribution in [0.4, 0.5) is 0 Å². The van der Waals surface area contributed by atoms with Crippen molar-refractivity contribution in [3.63, 3.8) is 0 Å². The summed E-state index contributed by atoms with van der Waals surface area (Å²) in [4.78, 5) is 2.28. The fraction of sp³-hybridized carbons (Fsp3) is 0.750. The topological polar surface area (TPSA) is 15.3 Å². The van der Waals surface area contributed by atoms with Crippen LogP contribution in [0.1, 0.15) is 6.92 Å². The van der Waals surface area contributed by atoms with Gasteiger partial charge in [0.15, 0.2) is 0 Å². The highest BCUT2D eigenvalue weighted by Gasteiger charge is 2.14. The third kappa shape index (κ3) is 1.73. The molecule has 1 saturated heterocycles. The number of hydrogen-bond acceptors (Lipinski definition) is 2. The zero-order valence-corrected chi connectivity index (χ0v) is 6.65. The quantitative estimate of drug-likeness (QED) is 0.471. The lowest BCUT2D eigenvalue weighted by Crippen LogP contribution is -2.48. The van der Waals surface area contributed by atoms with Gasteiger partial charge in [-0.1, -0.05) is 5.92 Å². The van der Waals surface area contributed by atoms with Gasteiger partial charge in [-0.15, -0.1) is 5.92 Å². The molecule has 1 heterocycles. The first-order valence-electron chi connectivity index (χ1n) is 3.68. The molecule has 0 bridgehead atoms. The Hall–Kier alpha value is -0.520. The van der Waals surface area contributed by atoms with E-state index in [1.165, 1.54) is 0 Å². The number of nitrogens with zero attached hydrogens (tertiary/aromatic N) is 1. The number of likely N-dealkylation sites (N-methyl/N-ethyl adjacent to an activating group) is 1. The van der Waals surface area contributed by atoms with Gasteiger partial charge >= 0.3 is 0 Å². The van der Waals surface area contributed by atoms with Crippen molar-refractivity contribution >= 4 is 0 Å². The lowest BCUT2D eigenvalue weighted by molar-refractivity contribution is 0.243. The van der Waals surface area contributed by atoms with Gasteiger partial charge in [0.1, 0.15) is 0 Å². The van der Waals surface area contributed by atoms with Crippen molar-refractivity contribution in [2.24, 2.45) is 0 Å². The van der Waals surface area contributed by atoms with E-state index in [-0.39, 0.29) is 0 Å². The summed E-state index contributed by atoms with van der Waals surface area (Å²) in [6, 6.07) is 0.429. The molecule has 1 rings (SSSR count). The molecular weight excluding hydrogens is 124 g/mol. The van der Waals surface area contributed by atoms with Crippen LogP contribution in [-0.2, 0) is 0 Å². The Morgan fingerprint density at radius 2 is 2.40 bits per heavy atom. The Bertz CT molecular complexity index is 154. The van der Waals surface area contributed by atoms with Crippen LogP contribution in [0.5, 0.6) is 0 Å². The van der Waals surface area contributed by atoms with Gasteiger partial charge in [0, 0.05) is 19.6 Å². The van der Waals surface area contributed by atoms with E-state index in [4.69, 9.17) is 0 Å². The normalized spacial score (nSPS) is 27.2. The van der Waals surface area contributed by atoms with E-state index in [2.05, 4.69) is 29.1 Å². The van der Waals surface area contributed by atoms with Crippen molar-refractivity contribution in [3.05, 3.63) is 0 Å². The van der Waals surface area contributed by atoms with E-state index in [9.17, 15) is 0 Å². The van der Waals surface area contributed by atoms with E-state index >= 15 is 0 Å². The second-order valence-corrected chi connectivity index (χ2v) is 2.59. The van der Waals surface area contributed by atoms with Crippen LogP contribution >= 0.6 is 0 Å². The fourth-order valence-electron chi connectivity index (χ4n) is 1.13. The molecule has 1 atom stereocenters. The lowest BCUT2D eigenvalue weighted by Gasteiger charge is -2.29. The molecular formula is C8H14N2. The molecule has 0 amide bonds. The molecule has 2 heteroatoms. The van der Waals surface area contributed by atoms with Crippen LogP contribution in [0.2, 0.25) is 0 Å². The van der Waals surface area contributed by atoms with E-state index < -0.39 is 0 Å². The lowest BCUT2D eigenvalue weighted by atomic mass is 10.2. The van der Waals surface area contributed by atoms with Crippen molar-refractivity contribution in [1.82, 2.24) is 10.2 Å². The zero-order chi connectivity index (χ0) is 7.40. The zero-order valence-electron chi connectivity index (χ0n) is 6.65. The molecule has 1 aliphatic heterocycles. The summed E-state index contributed by atoms with van der Waals surface area (Å²) in [6.45, 7) is 5.11. The van der Waals surface area contributed by atoms with Crippen LogP contribution in [0.3, 0.4) is 0 Å². The van der Waals surface area contributed by atoms with Crippen LogP contribution in [0.25, 0.3) is 0 Å². The molecule has 2 nitrogen and oxygen atoms in total. The second-order valence-electron chi connectivity index (χ2n) is 2.59. The smallest absolute Gasteiger partial charge is 0.0838 e. The molecule has 0 spiro atoms. The predicted octanol–water partition coefficient (Wildman–Crippen LogP) is -0.0867. The van der Waals surface area contributed by atoms with E-state index in [0.29, 0.717) is 6.04 Å². The summed E-state index contributed by atoms with van der Waals surface area (Å²) < 4.78 is 0. The standard InChI is InChI=1S/C8H14N2/c1-3-4-8-7-9-5-6-10(8)2/h8-9H,5-7H2,1-2H3. The molecule has 56 valence electrons. The molecule has 0 aromatic carbocycles. The third-order valence-electron chi connectivity index (χ3n) is 1.82. The number of rotatable bonds is 0. The first kappa shape index (κ1) is 7.59. The first-order valence-corrected chi connectivity index (χ1v) is 3.68. The van der Waals surface area contributed by atoms with Crippen molar-refractivity contribution in [2.75, 3.05) is 26.7 Å². The first-order chi connectivity index (χ1) is 4.84. The number of piperazine rings is 1. The van der Waals surface area contributed by atoms with Crippen LogP contribution in [0.15, 0.2) is 0 Å². The Labute approximate surface area is 62.6 Å². The Kier molecular flexibility index (Phi) is 2.73. The minimum atomic E-state index is 0.429. The maximum Gasteiger partial charge on any atom is 0.0838 e. The highest BCUT2D eigenvalue weighted by molar-refractivity contribution is 5.07. The largest absolute Gasteiger partial charge is 0.313 e. The fourth-order valence-corrected chi connectivity index (χ4v) is 1.13. The van der Waals surface area contributed by atoms with Gasteiger partial charge in [-0.05, 0) is 14.0 Å². The van der Waals surface area contributed by atoms with Gasteiger partial charge in [0.2, 0.25) is 0 Å². The summed E-state index contributed by atoms with van der Waals surface area (Å²) in [5.41, 5.74) is 0. The van der Waals surface area contributed by atoms with E-state index in [1.54, 1.807) is 0 Å². The minimum absolute atomic E-state index is 0.429. The van der Waals surface area contributed by atoms with Gasteiger partial charge in [-0.3, -0.25) is 4.90 Å². The molecule has 0 aliphatic carbocycles. The molecule has 1 fully saturated rings. The van der Waals surface area contributed by atoms with Crippen LogP contribution in [-0.4, -0.2) is 37.6 Å². The van der Waals surface area contributed by atoms with Gasteiger partial charge in [0.25, 0.3) is 0 Å². The Morgan fingerprint density at radius 1 is 1.60 bits per heavy atom. The second kappa shape index (κ2) is 3.60. The van der Waals surface area contributed by atoms with Crippen molar-refractivity contribution < 1.29 is 0 Å². The SMILES string of the molecule is CC#CC1CNCCN1C.